The molecule has 2 N–H and O–H groups in total. The molecule has 3 heterocycles. The molecule has 1 amide bonds. The van der Waals surface area contributed by atoms with Crippen LogP contribution in [0.5, 0.6) is 0 Å². The topological polar surface area (TPSA) is 80.0 Å². The molecule has 0 unspecified atom stereocenters. The van der Waals surface area contributed by atoms with Crippen molar-refractivity contribution in [2.24, 2.45) is 0 Å². The largest absolute Gasteiger partial charge is 0.348 e. The van der Waals surface area contributed by atoms with Gasteiger partial charge in [0.25, 0.3) is 11.6 Å². The lowest BCUT2D eigenvalue weighted by molar-refractivity contribution is 0.0932. The van der Waals surface area contributed by atoms with Crippen LogP contribution in [-0.2, 0) is 0 Å². The molecule has 0 spiro atoms. The Morgan fingerprint density at radius 3 is 2.69 bits per heavy atom. The summed E-state index contributed by atoms with van der Waals surface area (Å²) in [6, 6.07) is 7.92. The molecule has 2 fully saturated rings. The van der Waals surface area contributed by atoms with Crippen LogP contribution in [0.2, 0.25) is 0 Å². The van der Waals surface area contributed by atoms with Crippen LogP contribution in [-0.4, -0.2) is 35.2 Å². The second-order valence-corrected chi connectivity index (χ2v) is 7.60. The molecule has 0 bridgehead atoms. The van der Waals surface area contributed by atoms with E-state index < -0.39 is 0 Å². The molecule has 1 aromatic carbocycles. The Hall–Kier alpha value is -2.51. The molecule has 1 aliphatic heterocycles. The fourth-order valence-corrected chi connectivity index (χ4v) is 3.79. The van der Waals surface area contributed by atoms with Gasteiger partial charge in [-0.05, 0) is 62.6 Å². The fourth-order valence-electron chi connectivity index (χ4n) is 3.79. The van der Waals surface area contributed by atoms with Crippen molar-refractivity contribution < 1.29 is 13.7 Å². The number of amides is 1. The molecule has 2 aliphatic rings. The normalized spacial score (nSPS) is 19.0. The molecular formula is C21H22ClFN4O2. The maximum absolute atomic E-state index is 13.3. The van der Waals surface area contributed by atoms with Crippen LogP contribution in [0.25, 0.3) is 22.4 Å². The summed E-state index contributed by atoms with van der Waals surface area (Å²) in [5, 5.41) is 11.4. The van der Waals surface area contributed by atoms with Crippen molar-refractivity contribution in [2.45, 2.75) is 37.6 Å². The summed E-state index contributed by atoms with van der Waals surface area (Å²) in [5.74, 6) is -0.125. The Bertz CT molecular complexity index is 1030. The molecule has 3 aromatic rings. The van der Waals surface area contributed by atoms with Gasteiger partial charge in [-0.25, -0.2) is 9.37 Å². The third kappa shape index (κ3) is 3.97. The van der Waals surface area contributed by atoms with Gasteiger partial charge in [0.1, 0.15) is 5.82 Å². The molecule has 29 heavy (non-hydrogen) atoms. The molecule has 1 atom stereocenters. The number of carbonyl (C=O) groups is 1. The highest BCUT2D eigenvalue weighted by molar-refractivity contribution is 6.07. The standard InChI is InChI=1S/C21H21FN4O2.ClH/c22-14-7-5-12(6-8-14)17-10-16(20(27)24-15-2-1-9-23-11-15)18-19(13-3-4-13)26-28-21(18)25-17;/h5-8,10,13,15,23H,1-4,9,11H2,(H,24,27);1H/t15-;/m0./s1. The number of rotatable bonds is 4. The quantitative estimate of drug-likeness (QED) is 0.676. The Balaban J connectivity index is 0.00000205. The van der Waals surface area contributed by atoms with E-state index in [0.29, 0.717) is 28.3 Å². The van der Waals surface area contributed by atoms with E-state index in [1.807, 2.05) is 0 Å². The van der Waals surface area contributed by atoms with E-state index in [0.717, 1.165) is 50.0 Å². The zero-order chi connectivity index (χ0) is 19.1. The van der Waals surface area contributed by atoms with Crippen LogP contribution in [0, 0.1) is 5.82 Å². The number of benzene rings is 1. The first-order chi connectivity index (χ1) is 13.7. The number of aromatic nitrogens is 2. The van der Waals surface area contributed by atoms with E-state index in [4.69, 9.17) is 4.52 Å². The summed E-state index contributed by atoms with van der Waals surface area (Å²) >= 11 is 0. The van der Waals surface area contributed by atoms with Gasteiger partial charge in [-0.15, -0.1) is 12.4 Å². The van der Waals surface area contributed by atoms with E-state index in [2.05, 4.69) is 20.8 Å². The zero-order valence-electron chi connectivity index (χ0n) is 15.8. The van der Waals surface area contributed by atoms with Crippen molar-refractivity contribution >= 4 is 29.4 Å². The highest BCUT2D eigenvalue weighted by Crippen LogP contribution is 2.43. The van der Waals surface area contributed by atoms with E-state index in [9.17, 15) is 9.18 Å². The first-order valence-electron chi connectivity index (χ1n) is 9.77. The van der Waals surface area contributed by atoms with Gasteiger partial charge >= 0.3 is 0 Å². The van der Waals surface area contributed by atoms with Crippen molar-refractivity contribution in [3.63, 3.8) is 0 Å². The molecular weight excluding hydrogens is 395 g/mol. The second kappa shape index (κ2) is 8.08. The molecule has 1 aliphatic carbocycles. The minimum Gasteiger partial charge on any atom is -0.348 e. The Morgan fingerprint density at radius 2 is 2.00 bits per heavy atom. The van der Waals surface area contributed by atoms with E-state index in [1.54, 1.807) is 18.2 Å². The molecule has 152 valence electrons. The van der Waals surface area contributed by atoms with Crippen molar-refractivity contribution in [3.05, 3.63) is 47.4 Å². The Kier molecular flexibility index (Phi) is 5.52. The fraction of sp³-hybridized carbons (Fsp3) is 0.381. The van der Waals surface area contributed by atoms with Crippen LogP contribution >= 0.6 is 12.4 Å². The lowest BCUT2D eigenvalue weighted by atomic mass is 10.0. The van der Waals surface area contributed by atoms with Gasteiger partial charge in [-0.2, -0.15) is 0 Å². The average Bonchev–Trinajstić information content (AvgIpc) is 3.47. The molecule has 2 aromatic heterocycles. The van der Waals surface area contributed by atoms with Gasteiger partial charge < -0.3 is 15.2 Å². The zero-order valence-corrected chi connectivity index (χ0v) is 16.6. The first-order valence-corrected chi connectivity index (χ1v) is 9.77. The molecule has 6 nitrogen and oxygen atoms in total. The number of hydrogen-bond acceptors (Lipinski definition) is 5. The minimum absolute atomic E-state index is 0. The number of halogens is 2. The summed E-state index contributed by atoms with van der Waals surface area (Å²) in [6.45, 7) is 1.75. The molecule has 8 heteroatoms. The van der Waals surface area contributed by atoms with Gasteiger partial charge in [0, 0.05) is 24.1 Å². The predicted octanol–water partition coefficient (Wildman–Crippen LogP) is 3.81. The Morgan fingerprint density at radius 1 is 1.21 bits per heavy atom. The van der Waals surface area contributed by atoms with Gasteiger partial charge in [0.05, 0.1) is 22.3 Å². The molecule has 1 saturated heterocycles. The maximum atomic E-state index is 13.3. The number of fused-ring (bicyclic) bond motifs is 1. The molecule has 5 rings (SSSR count). The van der Waals surface area contributed by atoms with Gasteiger partial charge in [0.15, 0.2) is 0 Å². The number of pyridine rings is 1. The number of piperidine rings is 1. The lowest BCUT2D eigenvalue weighted by Gasteiger charge is -2.24. The van der Waals surface area contributed by atoms with Gasteiger partial charge in [-0.1, -0.05) is 5.16 Å². The van der Waals surface area contributed by atoms with Crippen LogP contribution in [0.4, 0.5) is 4.39 Å². The summed E-state index contributed by atoms with van der Waals surface area (Å²) in [7, 11) is 0. The number of nitrogens with one attached hydrogen (secondary N) is 2. The smallest absolute Gasteiger partial charge is 0.259 e. The average molecular weight is 417 g/mol. The number of carbonyl (C=O) groups excluding carboxylic acids is 1. The van der Waals surface area contributed by atoms with Crippen LogP contribution in [0.3, 0.4) is 0 Å². The minimum atomic E-state index is -0.316. The van der Waals surface area contributed by atoms with Gasteiger partial charge in [0.2, 0.25) is 0 Å². The van der Waals surface area contributed by atoms with Crippen LogP contribution in [0.15, 0.2) is 34.9 Å². The molecule has 1 saturated carbocycles. The van der Waals surface area contributed by atoms with Crippen LogP contribution < -0.4 is 10.6 Å². The van der Waals surface area contributed by atoms with Crippen molar-refractivity contribution in [1.82, 2.24) is 20.8 Å². The lowest BCUT2D eigenvalue weighted by Crippen LogP contribution is -2.45. The third-order valence-corrected chi connectivity index (χ3v) is 5.45. The second-order valence-electron chi connectivity index (χ2n) is 7.60. The highest BCUT2D eigenvalue weighted by Gasteiger charge is 2.32. The van der Waals surface area contributed by atoms with E-state index in [1.165, 1.54) is 12.1 Å². The highest BCUT2D eigenvalue weighted by atomic mass is 35.5. The van der Waals surface area contributed by atoms with Gasteiger partial charge in [-0.3, -0.25) is 4.79 Å². The summed E-state index contributed by atoms with van der Waals surface area (Å²) in [4.78, 5) is 17.7. The number of hydrogen-bond donors (Lipinski definition) is 2. The molecule has 0 radical (unpaired) electrons. The van der Waals surface area contributed by atoms with E-state index in [-0.39, 0.29) is 30.2 Å². The summed E-state index contributed by atoms with van der Waals surface area (Å²) in [6.07, 6.45) is 4.10. The Labute approximate surface area is 173 Å². The summed E-state index contributed by atoms with van der Waals surface area (Å²) in [5.41, 5.74) is 2.99. The SMILES string of the molecule is Cl.O=C(N[C@H]1CCCNC1)c1cc(-c2ccc(F)cc2)nc2onc(C3CC3)c12. The maximum Gasteiger partial charge on any atom is 0.259 e. The van der Waals surface area contributed by atoms with Crippen molar-refractivity contribution in [3.8, 4) is 11.3 Å². The predicted molar refractivity (Wildman–Crippen MR) is 110 cm³/mol. The van der Waals surface area contributed by atoms with Crippen LogP contribution in [0.1, 0.15) is 47.7 Å². The van der Waals surface area contributed by atoms with Crippen molar-refractivity contribution in [2.75, 3.05) is 13.1 Å². The third-order valence-electron chi connectivity index (χ3n) is 5.45. The monoisotopic (exact) mass is 416 g/mol. The first kappa shape index (κ1) is 19.8. The van der Waals surface area contributed by atoms with Crippen molar-refractivity contribution in [1.29, 1.82) is 0 Å². The van der Waals surface area contributed by atoms with E-state index >= 15 is 0 Å². The summed E-state index contributed by atoms with van der Waals surface area (Å²) < 4.78 is 18.8. The number of nitrogens with zero attached hydrogens (tertiary/aromatic N) is 2.